The van der Waals surface area contributed by atoms with Crippen molar-refractivity contribution in [1.82, 2.24) is 4.90 Å². The number of allylic oxidation sites excluding steroid dienone is 2. The van der Waals surface area contributed by atoms with Gasteiger partial charge in [-0.05, 0) is 12.5 Å². The number of hydrogen-bond acceptors (Lipinski definition) is 2. The Hall–Kier alpha value is -1.09. The Balaban J connectivity index is 2.55. The van der Waals surface area contributed by atoms with E-state index in [9.17, 15) is 0 Å². The molecule has 0 saturated carbocycles. The Bertz CT molecular complexity index is 263. The van der Waals surface area contributed by atoms with Gasteiger partial charge >= 0.3 is 0 Å². The topological polar surface area (TPSA) is 24.8 Å². The van der Waals surface area contributed by atoms with Crippen molar-refractivity contribution in [2.75, 3.05) is 33.4 Å². The number of hydrogen-bond donors (Lipinski definition) is 0. The molecule has 0 N–H and O–H groups in total. The minimum Gasteiger partial charge on any atom is -0.378 e. The maximum atomic E-state index is 5.30. The lowest BCUT2D eigenvalue weighted by atomic mass is 10.2. The average molecular weight is 208 g/mol. The second-order valence-corrected chi connectivity index (χ2v) is 3.53. The van der Waals surface area contributed by atoms with Crippen molar-refractivity contribution in [3.05, 3.63) is 24.3 Å². The summed E-state index contributed by atoms with van der Waals surface area (Å²) in [5.74, 6) is 1.02. The van der Waals surface area contributed by atoms with Crippen molar-refractivity contribution in [3.8, 4) is 0 Å². The summed E-state index contributed by atoms with van der Waals surface area (Å²) in [7, 11) is 1.82. The van der Waals surface area contributed by atoms with E-state index < -0.39 is 0 Å². The first-order valence-electron chi connectivity index (χ1n) is 5.43. The predicted octanol–water partition coefficient (Wildman–Crippen LogP) is 1.87. The molecule has 0 unspecified atom stereocenters. The van der Waals surface area contributed by atoms with Crippen molar-refractivity contribution < 1.29 is 4.74 Å². The van der Waals surface area contributed by atoms with Gasteiger partial charge in [-0.15, -0.1) is 0 Å². The van der Waals surface area contributed by atoms with Gasteiger partial charge in [-0.2, -0.15) is 0 Å². The Labute approximate surface area is 92.1 Å². The molecule has 1 aliphatic heterocycles. The van der Waals surface area contributed by atoms with Crippen molar-refractivity contribution in [2.24, 2.45) is 4.99 Å². The molecule has 0 aliphatic carbocycles. The van der Waals surface area contributed by atoms with Crippen LogP contribution in [0.5, 0.6) is 0 Å². The molecular formula is C12H20N2O. The van der Waals surface area contributed by atoms with E-state index in [4.69, 9.17) is 4.74 Å². The van der Waals surface area contributed by atoms with E-state index in [1.807, 2.05) is 19.2 Å². The molecule has 0 amide bonds. The van der Waals surface area contributed by atoms with E-state index in [2.05, 4.69) is 23.4 Å². The summed E-state index contributed by atoms with van der Waals surface area (Å²) in [6.07, 6.45) is 5.06. The molecule has 1 fully saturated rings. The first-order chi connectivity index (χ1) is 7.27. The number of rotatable bonds is 3. The van der Waals surface area contributed by atoms with E-state index in [1.165, 1.54) is 0 Å². The normalized spacial score (nSPS) is 18.5. The summed E-state index contributed by atoms with van der Waals surface area (Å²) >= 11 is 0. The number of nitrogens with zero attached hydrogens (tertiary/aromatic N) is 2. The van der Waals surface area contributed by atoms with Crippen LogP contribution >= 0.6 is 0 Å². The van der Waals surface area contributed by atoms with Gasteiger partial charge in [0.15, 0.2) is 0 Å². The number of aliphatic imine (C=N–C) groups is 1. The van der Waals surface area contributed by atoms with E-state index in [0.717, 1.165) is 44.1 Å². The van der Waals surface area contributed by atoms with Crippen LogP contribution in [0.15, 0.2) is 29.3 Å². The predicted molar refractivity (Wildman–Crippen MR) is 64.3 cm³/mol. The molecule has 0 spiro atoms. The largest absolute Gasteiger partial charge is 0.378 e. The maximum absolute atomic E-state index is 5.30. The molecule has 3 heteroatoms. The summed E-state index contributed by atoms with van der Waals surface area (Å²) in [5, 5.41) is 0. The van der Waals surface area contributed by atoms with Gasteiger partial charge in [0, 0.05) is 20.1 Å². The van der Waals surface area contributed by atoms with E-state index >= 15 is 0 Å². The van der Waals surface area contributed by atoms with Gasteiger partial charge in [0.05, 0.1) is 13.2 Å². The molecule has 0 radical (unpaired) electrons. The van der Waals surface area contributed by atoms with Crippen LogP contribution in [0.25, 0.3) is 0 Å². The SMILES string of the molecule is C=C(/C=C\C(=NC)N1CCOCC1)CC. The summed E-state index contributed by atoms with van der Waals surface area (Å²) in [5.41, 5.74) is 1.13. The van der Waals surface area contributed by atoms with Gasteiger partial charge in [-0.1, -0.05) is 25.2 Å². The molecule has 0 bridgehead atoms. The highest BCUT2D eigenvalue weighted by Gasteiger charge is 2.11. The Morgan fingerprint density at radius 2 is 2.07 bits per heavy atom. The first kappa shape index (κ1) is 12.0. The van der Waals surface area contributed by atoms with Gasteiger partial charge in [0.2, 0.25) is 0 Å². The molecule has 84 valence electrons. The smallest absolute Gasteiger partial charge is 0.123 e. The van der Waals surface area contributed by atoms with Crippen molar-refractivity contribution in [3.63, 3.8) is 0 Å². The highest BCUT2D eigenvalue weighted by atomic mass is 16.5. The van der Waals surface area contributed by atoms with Gasteiger partial charge in [-0.25, -0.2) is 0 Å². The highest BCUT2D eigenvalue weighted by molar-refractivity contribution is 5.93. The van der Waals surface area contributed by atoms with Crippen LogP contribution in [0.4, 0.5) is 0 Å². The number of morpholine rings is 1. The van der Waals surface area contributed by atoms with Crippen LogP contribution in [0.1, 0.15) is 13.3 Å². The fraction of sp³-hybridized carbons (Fsp3) is 0.583. The lowest BCUT2D eigenvalue weighted by Gasteiger charge is -2.28. The monoisotopic (exact) mass is 208 g/mol. The van der Waals surface area contributed by atoms with Crippen molar-refractivity contribution in [1.29, 1.82) is 0 Å². The zero-order valence-corrected chi connectivity index (χ0v) is 9.70. The zero-order chi connectivity index (χ0) is 11.1. The van der Waals surface area contributed by atoms with Crippen LogP contribution in [0.3, 0.4) is 0 Å². The molecule has 0 atom stereocenters. The number of amidine groups is 1. The van der Waals surface area contributed by atoms with Crippen LogP contribution in [-0.2, 0) is 4.74 Å². The molecule has 1 heterocycles. The summed E-state index contributed by atoms with van der Waals surface area (Å²) in [6, 6.07) is 0. The summed E-state index contributed by atoms with van der Waals surface area (Å²) in [6.45, 7) is 9.48. The van der Waals surface area contributed by atoms with Crippen LogP contribution < -0.4 is 0 Å². The zero-order valence-electron chi connectivity index (χ0n) is 9.70. The first-order valence-corrected chi connectivity index (χ1v) is 5.43. The molecule has 1 rings (SSSR count). The third-order valence-corrected chi connectivity index (χ3v) is 2.49. The molecule has 0 aromatic rings. The van der Waals surface area contributed by atoms with Gasteiger partial charge in [0.1, 0.15) is 5.84 Å². The van der Waals surface area contributed by atoms with Crippen LogP contribution in [0, 0.1) is 0 Å². The van der Waals surface area contributed by atoms with E-state index in [-0.39, 0.29) is 0 Å². The molecule has 0 aromatic heterocycles. The Kier molecular flexibility index (Phi) is 5.12. The van der Waals surface area contributed by atoms with Crippen LogP contribution in [0.2, 0.25) is 0 Å². The summed E-state index contributed by atoms with van der Waals surface area (Å²) < 4.78 is 5.30. The fourth-order valence-electron chi connectivity index (χ4n) is 1.42. The van der Waals surface area contributed by atoms with Gasteiger partial charge in [-0.3, -0.25) is 4.99 Å². The maximum Gasteiger partial charge on any atom is 0.123 e. The second kappa shape index (κ2) is 6.40. The minimum absolute atomic E-state index is 0.793. The fourth-order valence-corrected chi connectivity index (χ4v) is 1.42. The number of ether oxygens (including phenoxy) is 1. The third-order valence-electron chi connectivity index (χ3n) is 2.49. The van der Waals surface area contributed by atoms with Gasteiger partial charge in [0.25, 0.3) is 0 Å². The van der Waals surface area contributed by atoms with Crippen molar-refractivity contribution in [2.45, 2.75) is 13.3 Å². The lowest BCUT2D eigenvalue weighted by molar-refractivity contribution is 0.0684. The molecule has 3 nitrogen and oxygen atoms in total. The van der Waals surface area contributed by atoms with Crippen LogP contribution in [-0.4, -0.2) is 44.1 Å². The Morgan fingerprint density at radius 1 is 1.40 bits per heavy atom. The van der Waals surface area contributed by atoms with Gasteiger partial charge < -0.3 is 9.64 Å². The van der Waals surface area contributed by atoms with E-state index in [1.54, 1.807) is 0 Å². The quantitative estimate of drug-likeness (QED) is 0.402. The lowest BCUT2D eigenvalue weighted by Crippen LogP contribution is -2.39. The molecule has 1 saturated heterocycles. The van der Waals surface area contributed by atoms with Crippen molar-refractivity contribution >= 4 is 5.84 Å². The highest BCUT2D eigenvalue weighted by Crippen LogP contribution is 2.03. The standard InChI is InChI=1S/C12H20N2O/c1-4-11(2)5-6-12(13-3)14-7-9-15-10-8-14/h5-6H,2,4,7-10H2,1,3H3/b6-5-,13-12?. The molecular weight excluding hydrogens is 188 g/mol. The summed E-state index contributed by atoms with van der Waals surface area (Å²) in [4.78, 5) is 6.52. The minimum atomic E-state index is 0.793. The molecule has 1 aliphatic rings. The third kappa shape index (κ3) is 3.88. The molecule has 15 heavy (non-hydrogen) atoms. The molecule has 0 aromatic carbocycles. The average Bonchev–Trinajstić information content (AvgIpc) is 2.31. The van der Waals surface area contributed by atoms with E-state index in [0.29, 0.717) is 0 Å². The second-order valence-electron chi connectivity index (χ2n) is 3.53. The Morgan fingerprint density at radius 3 is 2.60 bits per heavy atom.